The first-order valence-electron chi connectivity index (χ1n) is 9.72. The molecule has 1 aromatic carbocycles. The van der Waals surface area contributed by atoms with E-state index in [0.717, 1.165) is 31.2 Å². The second-order valence-corrected chi connectivity index (χ2v) is 9.50. The molecule has 0 aromatic heterocycles. The van der Waals surface area contributed by atoms with Crippen LogP contribution in [-0.4, -0.2) is 52.0 Å². The Morgan fingerprint density at radius 1 is 1.10 bits per heavy atom. The molecule has 7 nitrogen and oxygen atoms in total. The standard InChI is InChI=1S/C20H32N2O5S2/c1-16-9-11-17(12-10-16)29(25,26)22-18(13-15-28-3)20(24)21-14-7-5-4-6-8-19(23)27-2/h9-12,18,22H,4-8,13-15H2,1-3H3,(H,21,24). The number of unbranched alkanes of at least 4 members (excludes halogenated alkanes) is 3. The van der Waals surface area contributed by atoms with E-state index >= 15 is 0 Å². The molecule has 0 aliphatic heterocycles. The van der Waals surface area contributed by atoms with E-state index < -0.39 is 16.1 Å². The zero-order valence-corrected chi connectivity index (χ0v) is 19.0. The molecule has 1 amide bonds. The predicted molar refractivity (Wildman–Crippen MR) is 116 cm³/mol. The van der Waals surface area contributed by atoms with E-state index in [1.807, 2.05) is 13.2 Å². The zero-order valence-electron chi connectivity index (χ0n) is 17.4. The monoisotopic (exact) mass is 444 g/mol. The molecular weight excluding hydrogens is 412 g/mol. The second-order valence-electron chi connectivity index (χ2n) is 6.80. The van der Waals surface area contributed by atoms with Crippen LogP contribution in [0.2, 0.25) is 0 Å². The normalized spacial score (nSPS) is 12.4. The van der Waals surface area contributed by atoms with Crippen molar-refractivity contribution in [3.05, 3.63) is 29.8 Å². The summed E-state index contributed by atoms with van der Waals surface area (Å²) >= 11 is 1.56. The van der Waals surface area contributed by atoms with Crippen molar-refractivity contribution in [1.29, 1.82) is 0 Å². The first-order chi connectivity index (χ1) is 13.8. The molecule has 0 spiro atoms. The van der Waals surface area contributed by atoms with Gasteiger partial charge in [-0.1, -0.05) is 30.5 Å². The largest absolute Gasteiger partial charge is 0.469 e. The molecule has 1 aromatic rings. The van der Waals surface area contributed by atoms with Gasteiger partial charge >= 0.3 is 5.97 Å². The van der Waals surface area contributed by atoms with Crippen molar-refractivity contribution in [1.82, 2.24) is 10.0 Å². The third kappa shape index (κ3) is 10.1. The summed E-state index contributed by atoms with van der Waals surface area (Å²) < 4.78 is 32.4. The van der Waals surface area contributed by atoms with Gasteiger partial charge in [0.05, 0.1) is 12.0 Å². The summed E-state index contributed by atoms with van der Waals surface area (Å²) in [7, 11) is -2.40. The molecule has 0 fully saturated rings. The van der Waals surface area contributed by atoms with Gasteiger partial charge in [0.1, 0.15) is 6.04 Å². The van der Waals surface area contributed by atoms with Crippen LogP contribution in [0.1, 0.15) is 44.1 Å². The first kappa shape index (κ1) is 25.5. The van der Waals surface area contributed by atoms with Crippen molar-refractivity contribution in [2.75, 3.05) is 25.7 Å². The van der Waals surface area contributed by atoms with Crippen LogP contribution >= 0.6 is 11.8 Å². The Labute approximate surface area is 178 Å². The third-order valence-corrected chi connectivity index (χ3v) is 6.52. The van der Waals surface area contributed by atoms with Gasteiger partial charge in [-0.05, 0) is 50.3 Å². The Kier molecular flexibility index (Phi) is 11.9. The van der Waals surface area contributed by atoms with Crippen molar-refractivity contribution in [3.8, 4) is 0 Å². The number of hydrogen-bond acceptors (Lipinski definition) is 6. The SMILES string of the molecule is COC(=O)CCCCCCNC(=O)C(CCSC)NS(=O)(=O)c1ccc(C)cc1. The Morgan fingerprint density at radius 3 is 2.38 bits per heavy atom. The lowest BCUT2D eigenvalue weighted by Crippen LogP contribution is -2.47. The van der Waals surface area contributed by atoms with Gasteiger partial charge < -0.3 is 10.1 Å². The van der Waals surface area contributed by atoms with Gasteiger partial charge in [0.25, 0.3) is 0 Å². The van der Waals surface area contributed by atoms with E-state index in [1.54, 1.807) is 23.9 Å². The van der Waals surface area contributed by atoms with E-state index in [-0.39, 0.29) is 16.8 Å². The maximum absolute atomic E-state index is 12.6. The number of methoxy groups -OCH3 is 1. The lowest BCUT2D eigenvalue weighted by atomic mass is 10.1. The first-order valence-corrected chi connectivity index (χ1v) is 12.6. The molecule has 1 unspecified atom stereocenters. The van der Waals surface area contributed by atoms with Crippen molar-refractivity contribution in [2.45, 2.75) is 56.4 Å². The molecule has 0 bridgehead atoms. The Bertz CT molecular complexity index is 736. The molecule has 29 heavy (non-hydrogen) atoms. The Hall–Kier alpha value is -1.58. The summed E-state index contributed by atoms with van der Waals surface area (Å²) in [5.41, 5.74) is 0.965. The number of carbonyl (C=O) groups excluding carboxylic acids is 2. The van der Waals surface area contributed by atoms with E-state index in [0.29, 0.717) is 25.1 Å². The summed E-state index contributed by atoms with van der Waals surface area (Å²) in [6.45, 7) is 2.35. The van der Waals surface area contributed by atoms with Crippen molar-refractivity contribution >= 4 is 33.7 Å². The van der Waals surface area contributed by atoms with Crippen LogP contribution in [-0.2, 0) is 24.3 Å². The maximum atomic E-state index is 12.6. The highest BCUT2D eigenvalue weighted by molar-refractivity contribution is 7.98. The number of hydrogen-bond donors (Lipinski definition) is 2. The maximum Gasteiger partial charge on any atom is 0.305 e. The van der Waals surface area contributed by atoms with Gasteiger partial charge in [-0.2, -0.15) is 16.5 Å². The van der Waals surface area contributed by atoms with Crippen LogP contribution in [0.3, 0.4) is 0 Å². The molecule has 0 saturated carbocycles. The van der Waals surface area contributed by atoms with Crippen LogP contribution in [0.5, 0.6) is 0 Å². The van der Waals surface area contributed by atoms with E-state index in [4.69, 9.17) is 0 Å². The molecular formula is C20H32N2O5S2. The summed E-state index contributed by atoms with van der Waals surface area (Å²) in [6, 6.07) is 5.72. The lowest BCUT2D eigenvalue weighted by molar-refractivity contribution is -0.140. The molecule has 0 saturated heterocycles. The van der Waals surface area contributed by atoms with E-state index in [9.17, 15) is 18.0 Å². The number of rotatable bonds is 14. The van der Waals surface area contributed by atoms with Gasteiger partial charge in [-0.15, -0.1) is 0 Å². The average molecular weight is 445 g/mol. The zero-order chi connectivity index (χ0) is 21.7. The molecule has 1 atom stereocenters. The minimum absolute atomic E-state index is 0.149. The quantitative estimate of drug-likeness (QED) is 0.338. The van der Waals surface area contributed by atoms with Crippen LogP contribution in [0.25, 0.3) is 0 Å². The van der Waals surface area contributed by atoms with Gasteiger partial charge in [-0.25, -0.2) is 8.42 Å². The fraction of sp³-hybridized carbons (Fsp3) is 0.600. The van der Waals surface area contributed by atoms with E-state index in [2.05, 4.69) is 14.8 Å². The predicted octanol–water partition coefficient (Wildman–Crippen LogP) is 2.63. The fourth-order valence-corrected chi connectivity index (χ4v) is 4.34. The van der Waals surface area contributed by atoms with Crippen LogP contribution in [0.4, 0.5) is 0 Å². The minimum Gasteiger partial charge on any atom is -0.469 e. The molecule has 9 heteroatoms. The third-order valence-electron chi connectivity index (χ3n) is 4.39. The minimum atomic E-state index is -3.77. The fourth-order valence-electron chi connectivity index (χ4n) is 2.64. The number of amides is 1. The molecule has 0 heterocycles. The average Bonchev–Trinajstić information content (AvgIpc) is 2.70. The highest BCUT2D eigenvalue weighted by Gasteiger charge is 2.25. The molecule has 1 rings (SSSR count). The molecule has 0 aliphatic rings. The Balaban J connectivity index is 2.51. The highest BCUT2D eigenvalue weighted by atomic mass is 32.2. The smallest absolute Gasteiger partial charge is 0.305 e. The molecule has 0 aliphatic carbocycles. The summed E-state index contributed by atoms with van der Waals surface area (Å²) in [6.07, 6.45) is 6.01. The van der Waals surface area contributed by atoms with Gasteiger partial charge in [0.15, 0.2) is 0 Å². The van der Waals surface area contributed by atoms with Crippen LogP contribution < -0.4 is 10.0 Å². The summed E-state index contributed by atoms with van der Waals surface area (Å²) in [5, 5.41) is 2.82. The number of esters is 1. The molecule has 164 valence electrons. The van der Waals surface area contributed by atoms with Crippen molar-refractivity contribution in [2.24, 2.45) is 0 Å². The van der Waals surface area contributed by atoms with Crippen molar-refractivity contribution in [3.63, 3.8) is 0 Å². The van der Waals surface area contributed by atoms with Crippen LogP contribution in [0, 0.1) is 6.92 Å². The Morgan fingerprint density at radius 2 is 1.76 bits per heavy atom. The highest BCUT2D eigenvalue weighted by Crippen LogP contribution is 2.12. The molecule has 2 N–H and O–H groups in total. The second kappa shape index (κ2) is 13.6. The van der Waals surface area contributed by atoms with E-state index in [1.165, 1.54) is 19.2 Å². The number of sulfonamides is 1. The van der Waals surface area contributed by atoms with Gasteiger partial charge in [-0.3, -0.25) is 9.59 Å². The number of thioether (sulfide) groups is 1. The number of nitrogens with one attached hydrogen (secondary N) is 2. The summed E-state index contributed by atoms with van der Waals surface area (Å²) in [5.74, 6) is 0.141. The lowest BCUT2D eigenvalue weighted by Gasteiger charge is -2.18. The topological polar surface area (TPSA) is 102 Å². The summed E-state index contributed by atoms with van der Waals surface area (Å²) in [4.78, 5) is 23.7. The molecule has 0 radical (unpaired) electrons. The number of benzene rings is 1. The van der Waals surface area contributed by atoms with Crippen molar-refractivity contribution < 1.29 is 22.7 Å². The van der Waals surface area contributed by atoms with Crippen LogP contribution in [0.15, 0.2) is 29.2 Å². The van der Waals surface area contributed by atoms with Gasteiger partial charge in [0.2, 0.25) is 15.9 Å². The number of carbonyl (C=O) groups is 2. The number of ether oxygens (including phenoxy) is 1. The van der Waals surface area contributed by atoms with Gasteiger partial charge in [0, 0.05) is 13.0 Å². The number of aryl methyl sites for hydroxylation is 1.